The van der Waals surface area contributed by atoms with Gasteiger partial charge in [0.15, 0.2) is 5.82 Å². The fourth-order valence-electron chi connectivity index (χ4n) is 3.62. The molecular formula is C22H25N7OS. The van der Waals surface area contributed by atoms with Crippen LogP contribution in [0.2, 0.25) is 0 Å². The molecule has 0 saturated heterocycles. The van der Waals surface area contributed by atoms with E-state index >= 15 is 0 Å². The Labute approximate surface area is 185 Å². The molecule has 5 rings (SSSR count). The minimum Gasteiger partial charge on any atom is -0.310 e. The van der Waals surface area contributed by atoms with Crippen LogP contribution < -0.4 is 5.32 Å². The van der Waals surface area contributed by atoms with Crippen molar-refractivity contribution in [3.63, 3.8) is 0 Å². The number of amides is 1. The first kappa shape index (κ1) is 20.1. The highest BCUT2D eigenvalue weighted by Crippen LogP contribution is 2.38. The Morgan fingerprint density at radius 3 is 2.94 bits per heavy atom. The third-order valence-electron chi connectivity index (χ3n) is 5.46. The zero-order valence-corrected chi connectivity index (χ0v) is 18.5. The minimum absolute atomic E-state index is 0.211. The van der Waals surface area contributed by atoms with Crippen LogP contribution in [0, 0.1) is 0 Å². The summed E-state index contributed by atoms with van der Waals surface area (Å²) in [6.07, 6.45) is 7.15. The molecule has 3 aromatic heterocycles. The van der Waals surface area contributed by atoms with Gasteiger partial charge in [-0.2, -0.15) is 0 Å². The number of carbonyl (C=O) groups is 1. The molecule has 1 saturated carbocycles. The summed E-state index contributed by atoms with van der Waals surface area (Å²) in [5, 5.41) is 11.8. The Balaban J connectivity index is 1.32. The van der Waals surface area contributed by atoms with Crippen LogP contribution in [-0.2, 0) is 13.0 Å². The molecule has 2 aliphatic rings. The number of anilines is 1. The molecule has 1 aliphatic carbocycles. The normalized spacial score (nSPS) is 16.4. The molecule has 1 amide bonds. The van der Waals surface area contributed by atoms with Crippen LogP contribution in [0.4, 0.5) is 5.82 Å². The van der Waals surface area contributed by atoms with Crippen LogP contribution in [0.15, 0.2) is 36.8 Å². The highest BCUT2D eigenvalue weighted by molar-refractivity contribution is 7.97. The molecule has 160 valence electrons. The Hall–Kier alpha value is -2.78. The zero-order chi connectivity index (χ0) is 21.4. The van der Waals surface area contributed by atoms with E-state index in [-0.39, 0.29) is 11.9 Å². The van der Waals surface area contributed by atoms with E-state index < -0.39 is 0 Å². The molecule has 4 heterocycles. The van der Waals surface area contributed by atoms with Crippen molar-refractivity contribution in [3.8, 4) is 11.5 Å². The molecule has 0 unspecified atom stereocenters. The quantitative estimate of drug-likeness (QED) is 0.590. The smallest absolute Gasteiger partial charge is 0.275 e. The monoisotopic (exact) mass is 435 g/mol. The molecule has 3 aromatic rings. The molecule has 1 aliphatic heterocycles. The molecule has 0 bridgehead atoms. The summed E-state index contributed by atoms with van der Waals surface area (Å²) in [7, 11) is 0. The van der Waals surface area contributed by atoms with Crippen molar-refractivity contribution in [2.24, 2.45) is 0 Å². The molecule has 8 nitrogen and oxygen atoms in total. The number of rotatable bonds is 6. The molecule has 1 N–H and O–H groups in total. The van der Waals surface area contributed by atoms with Crippen molar-refractivity contribution in [1.82, 2.24) is 29.0 Å². The summed E-state index contributed by atoms with van der Waals surface area (Å²) in [6, 6.07) is 7.61. The maximum Gasteiger partial charge on any atom is 0.275 e. The largest absolute Gasteiger partial charge is 0.310 e. The van der Waals surface area contributed by atoms with Gasteiger partial charge >= 0.3 is 0 Å². The Morgan fingerprint density at radius 1 is 1.26 bits per heavy atom. The van der Waals surface area contributed by atoms with Crippen LogP contribution in [0.25, 0.3) is 11.5 Å². The SMILES string of the molecule is CC(C)n1cnnc1-c1cccc(NC(=O)c2cc3c(cn2)CCN(SC2CC2)C3)n1. The second-order valence-corrected chi connectivity index (χ2v) is 9.67. The summed E-state index contributed by atoms with van der Waals surface area (Å²) < 4.78 is 4.36. The summed E-state index contributed by atoms with van der Waals surface area (Å²) in [6.45, 7) is 6.02. The van der Waals surface area contributed by atoms with Crippen molar-refractivity contribution < 1.29 is 4.79 Å². The lowest BCUT2D eigenvalue weighted by Gasteiger charge is -2.27. The maximum atomic E-state index is 12.9. The van der Waals surface area contributed by atoms with Crippen LogP contribution in [0.5, 0.6) is 0 Å². The standard InChI is InChI=1S/C22H25N7OS/c1-14(2)29-13-24-27-21(29)18-4-3-5-20(25-18)26-22(30)19-10-16-12-28(31-17-6-7-17)9-8-15(16)11-23-19/h3-5,10-11,13-14,17H,6-9,12H2,1-2H3,(H,25,26,30). The van der Waals surface area contributed by atoms with Crippen molar-refractivity contribution in [2.75, 3.05) is 11.9 Å². The molecule has 0 radical (unpaired) electrons. The lowest BCUT2D eigenvalue weighted by atomic mass is 10.0. The predicted molar refractivity (Wildman–Crippen MR) is 121 cm³/mol. The van der Waals surface area contributed by atoms with Gasteiger partial charge in [-0.1, -0.05) is 18.0 Å². The van der Waals surface area contributed by atoms with Gasteiger partial charge in [0, 0.05) is 30.6 Å². The second-order valence-electron chi connectivity index (χ2n) is 8.27. The lowest BCUT2D eigenvalue weighted by molar-refractivity contribution is 0.102. The highest BCUT2D eigenvalue weighted by atomic mass is 32.2. The van der Waals surface area contributed by atoms with Gasteiger partial charge in [0.2, 0.25) is 0 Å². The summed E-state index contributed by atoms with van der Waals surface area (Å²) in [4.78, 5) is 21.8. The third-order valence-corrected chi connectivity index (χ3v) is 6.84. The van der Waals surface area contributed by atoms with Gasteiger partial charge in [-0.25, -0.2) is 9.29 Å². The van der Waals surface area contributed by atoms with Crippen LogP contribution in [0.3, 0.4) is 0 Å². The van der Waals surface area contributed by atoms with Gasteiger partial charge in [-0.05, 0) is 62.4 Å². The number of aromatic nitrogens is 5. The van der Waals surface area contributed by atoms with Gasteiger partial charge in [-0.3, -0.25) is 9.78 Å². The fourth-order valence-corrected chi connectivity index (χ4v) is 4.80. The number of carbonyl (C=O) groups excluding carboxylic acids is 1. The van der Waals surface area contributed by atoms with Crippen LogP contribution in [0.1, 0.15) is 54.3 Å². The lowest BCUT2D eigenvalue weighted by Crippen LogP contribution is -2.26. The first-order valence-electron chi connectivity index (χ1n) is 10.6. The average molecular weight is 436 g/mol. The van der Waals surface area contributed by atoms with Crippen molar-refractivity contribution in [1.29, 1.82) is 0 Å². The highest BCUT2D eigenvalue weighted by Gasteiger charge is 2.28. The molecular weight excluding hydrogens is 410 g/mol. The molecule has 1 fully saturated rings. The summed E-state index contributed by atoms with van der Waals surface area (Å²) in [5.74, 6) is 0.877. The number of hydrogen-bond donors (Lipinski definition) is 1. The van der Waals surface area contributed by atoms with Gasteiger partial charge in [0.05, 0.1) is 0 Å². The molecule has 31 heavy (non-hydrogen) atoms. The van der Waals surface area contributed by atoms with Crippen LogP contribution >= 0.6 is 11.9 Å². The number of hydrogen-bond acceptors (Lipinski definition) is 7. The zero-order valence-electron chi connectivity index (χ0n) is 17.7. The Bertz CT molecular complexity index is 1110. The minimum atomic E-state index is -0.259. The number of fused-ring (bicyclic) bond motifs is 1. The van der Waals surface area contributed by atoms with Gasteiger partial charge in [0.25, 0.3) is 5.91 Å². The number of pyridine rings is 2. The van der Waals surface area contributed by atoms with Crippen molar-refractivity contribution in [2.45, 2.75) is 50.9 Å². The van der Waals surface area contributed by atoms with Crippen LogP contribution in [-0.4, -0.2) is 46.7 Å². The predicted octanol–water partition coefficient (Wildman–Crippen LogP) is 3.74. The first-order chi connectivity index (χ1) is 15.1. The van der Waals surface area contributed by atoms with Gasteiger partial charge < -0.3 is 9.88 Å². The Kier molecular flexibility index (Phi) is 5.45. The third kappa shape index (κ3) is 4.47. The number of nitrogens with one attached hydrogen (secondary N) is 1. The van der Waals surface area contributed by atoms with Crippen molar-refractivity contribution >= 4 is 23.7 Å². The van der Waals surface area contributed by atoms with Crippen molar-refractivity contribution in [3.05, 3.63) is 53.6 Å². The van der Waals surface area contributed by atoms with Gasteiger partial charge in [0.1, 0.15) is 23.5 Å². The van der Waals surface area contributed by atoms with E-state index in [4.69, 9.17) is 0 Å². The average Bonchev–Trinajstić information content (AvgIpc) is 3.44. The van der Waals surface area contributed by atoms with E-state index in [0.29, 0.717) is 23.0 Å². The van der Waals surface area contributed by atoms with E-state index in [2.05, 4.69) is 43.6 Å². The molecule has 9 heteroatoms. The second kappa shape index (κ2) is 8.39. The van der Waals surface area contributed by atoms with E-state index in [1.807, 2.05) is 40.9 Å². The summed E-state index contributed by atoms with van der Waals surface area (Å²) >= 11 is 1.96. The first-order valence-corrected chi connectivity index (χ1v) is 11.5. The topological polar surface area (TPSA) is 88.8 Å². The van der Waals surface area contributed by atoms with E-state index in [1.165, 1.54) is 24.0 Å². The molecule has 0 atom stereocenters. The van der Waals surface area contributed by atoms with E-state index in [0.717, 1.165) is 24.8 Å². The Morgan fingerprint density at radius 2 is 2.13 bits per heavy atom. The van der Waals surface area contributed by atoms with Gasteiger partial charge in [-0.15, -0.1) is 10.2 Å². The molecule has 0 spiro atoms. The van der Waals surface area contributed by atoms with E-state index in [1.54, 1.807) is 12.4 Å². The molecule has 0 aromatic carbocycles. The maximum absolute atomic E-state index is 12.9. The summed E-state index contributed by atoms with van der Waals surface area (Å²) in [5.41, 5.74) is 3.49. The van der Waals surface area contributed by atoms with E-state index in [9.17, 15) is 4.79 Å². The fraction of sp³-hybridized carbons (Fsp3) is 0.409. The number of nitrogens with zero attached hydrogens (tertiary/aromatic N) is 6.